The van der Waals surface area contributed by atoms with Crippen LogP contribution in [0.25, 0.3) is 5.65 Å². The van der Waals surface area contributed by atoms with Crippen LogP contribution in [0.15, 0.2) is 47.1 Å². The molecule has 2 heterocycles. The van der Waals surface area contributed by atoms with E-state index < -0.39 is 0 Å². The Morgan fingerprint density at radius 1 is 1.24 bits per heavy atom. The fourth-order valence-corrected chi connectivity index (χ4v) is 3.09. The molecule has 0 radical (unpaired) electrons. The van der Waals surface area contributed by atoms with Crippen molar-refractivity contribution >= 4 is 27.5 Å². The second kappa shape index (κ2) is 7.70. The highest BCUT2D eigenvalue weighted by Gasteiger charge is 2.18. The van der Waals surface area contributed by atoms with E-state index in [1.807, 2.05) is 53.9 Å². The quantitative estimate of drug-likeness (QED) is 0.685. The number of aryl methyl sites for hydroxylation is 1. The molecular formula is C19H20BrN3O2. The number of nitrogens with zero attached hydrogens (tertiary/aromatic N) is 2. The van der Waals surface area contributed by atoms with Gasteiger partial charge in [-0.05, 0) is 58.6 Å². The van der Waals surface area contributed by atoms with Gasteiger partial charge in [-0.15, -0.1) is 0 Å². The van der Waals surface area contributed by atoms with E-state index in [0.29, 0.717) is 18.7 Å². The summed E-state index contributed by atoms with van der Waals surface area (Å²) in [5.74, 6) is 0.729. The van der Waals surface area contributed by atoms with Crippen LogP contribution < -0.4 is 10.1 Å². The number of carbonyl (C=O) groups is 1. The molecule has 3 aromatic rings. The van der Waals surface area contributed by atoms with Gasteiger partial charge < -0.3 is 10.1 Å². The summed E-state index contributed by atoms with van der Waals surface area (Å²) in [4.78, 5) is 17.2. The number of ether oxygens (including phenoxy) is 1. The number of halogens is 1. The summed E-state index contributed by atoms with van der Waals surface area (Å²) >= 11 is 3.45. The Morgan fingerprint density at radius 2 is 2.00 bits per heavy atom. The molecule has 1 aromatic carbocycles. The van der Waals surface area contributed by atoms with Gasteiger partial charge >= 0.3 is 0 Å². The van der Waals surface area contributed by atoms with E-state index >= 15 is 0 Å². The van der Waals surface area contributed by atoms with Crippen molar-refractivity contribution in [3.8, 4) is 5.75 Å². The Morgan fingerprint density at radius 3 is 2.68 bits per heavy atom. The van der Waals surface area contributed by atoms with E-state index in [1.54, 1.807) is 7.11 Å². The first kappa shape index (κ1) is 17.5. The van der Waals surface area contributed by atoms with E-state index in [0.717, 1.165) is 33.5 Å². The Bertz CT molecular complexity index is 888. The maximum absolute atomic E-state index is 12.7. The number of pyridine rings is 1. The third-order valence-electron chi connectivity index (χ3n) is 4.06. The van der Waals surface area contributed by atoms with Crippen LogP contribution in [-0.2, 0) is 12.8 Å². The Hall–Kier alpha value is -2.34. The summed E-state index contributed by atoms with van der Waals surface area (Å²) in [6, 6.07) is 11.7. The molecule has 0 saturated carbocycles. The summed E-state index contributed by atoms with van der Waals surface area (Å²) in [6.45, 7) is 2.57. The molecule has 0 fully saturated rings. The molecule has 3 rings (SSSR count). The van der Waals surface area contributed by atoms with Crippen LogP contribution in [0.3, 0.4) is 0 Å². The molecule has 0 aliphatic carbocycles. The molecule has 0 aliphatic heterocycles. The van der Waals surface area contributed by atoms with Crippen LogP contribution in [0.5, 0.6) is 5.75 Å². The SMILES string of the molecule is CCc1nc2ccc(Br)cn2c1C(=O)NCCc1ccc(OC)cc1. The number of hydrogen-bond donors (Lipinski definition) is 1. The van der Waals surface area contributed by atoms with Gasteiger partial charge in [0.2, 0.25) is 0 Å². The fourth-order valence-electron chi connectivity index (χ4n) is 2.75. The van der Waals surface area contributed by atoms with E-state index in [9.17, 15) is 4.79 Å². The fraction of sp³-hybridized carbons (Fsp3) is 0.263. The lowest BCUT2D eigenvalue weighted by atomic mass is 10.1. The van der Waals surface area contributed by atoms with Crippen LogP contribution >= 0.6 is 15.9 Å². The van der Waals surface area contributed by atoms with Crippen molar-refractivity contribution in [2.75, 3.05) is 13.7 Å². The number of amides is 1. The second-order valence-electron chi connectivity index (χ2n) is 5.69. The summed E-state index contributed by atoms with van der Waals surface area (Å²) in [7, 11) is 1.65. The number of imidazole rings is 1. The van der Waals surface area contributed by atoms with Crippen LogP contribution in [0, 0.1) is 0 Å². The molecule has 0 atom stereocenters. The van der Waals surface area contributed by atoms with Crippen molar-refractivity contribution in [2.24, 2.45) is 0 Å². The second-order valence-corrected chi connectivity index (χ2v) is 6.61. The monoisotopic (exact) mass is 401 g/mol. The average molecular weight is 402 g/mol. The van der Waals surface area contributed by atoms with Gasteiger partial charge in [-0.2, -0.15) is 0 Å². The van der Waals surface area contributed by atoms with Gasteiger partial charge in [0.05, 0.1) is 12.8 Å². The molecule has 2 aromatic heterocycles. The number of carbonyl (C=O) groups excluding carboxylic acids is 1. The summed E-state index contributed by atoms with van der Waals surface area (Å²) < 4.78 is 7.90. The largest absolute Gasteiger partial charge is 0.497 e. The third-order valence-corrected chi connectivity index (χ3v) is 4.53. The van der Waals surface area contributed by atoms with Crippen LogP contribution in [-0.4, -0.2) is 28.9 Å². The zero-order valence-corrected chi connectivity index (χ0v) is 15.8. The predicted molar refractivity (Wildman–Crippen MR) is 101 cm³/mol. The highest BCUT2D eigenvalue weighted by molar-refractivity contribution is 9.10. The topological polar surface area (TPSA) is 55.6 Å². The zero-order valence-electron chi connectivity index (χ0n) is 14.3. The minimum absolute atomic E-state index is 0.101. The number of benzene rings is 1. The molecular weight excluding hydrogens is 382 g/mol. The van der Waals surface area contributed by atoms with Gasteiger partial charge in [-0.25, -0.2) is 4.98 Å². The lowest BCUT2D eigenvalue weighted by Gasteiger charge is -2.08. The van der Waals surface area contributed by atoms with E-state index in [4.69, 9.17) is 4.74 Å². The number of methoxy groups -OCH3 is 1. The van der Waals surface area contributed by atoms with E-state index in [1.165, 1.54) is 0 Å². The van der Waals surface area contributed by atoms with Crippen molar-refractivity contribution in [1.82, 2.24) is 14.7 Å². The zero-order chi connectivity index (χ0) is 17.8. The summed E-state index contributed by atoms with van der Waals surface area (Å²) in [6.07, 6.45) is 3.35. The first-order valence-corrected chi connectivity index (χ1v) is 8.99. The molecule has 25 heavy (non-hydrogen) atoms. The van der Waals surface area contributed by atoms with Gasteiger partial charge in [0.15, 0.2) is 0 Å². The molecule has 0 unspecified atom stereocenters. The number of rotatable bonds is 6. The van der Waals surface area contributed by atoms with E-state index in [2.05, 4.69) is 26.2 Å². The Kier molecular flexibility index (Phi) is 5.38. The number of nitrogens with one attached hydrogen (secondary N) is 1. The highest BCUT2D eigenvalue weighted by Crippen LogP contribution is 2.18. The summed E-state index contributed by atoms with van der Waals surface area (Å²) in [5, 5.41) is 3.00. The maximum Gasteiger partial charge on any atom is 0.270 e. The Balaban J connectivity index is 1.72. The van der Waals surface area contributed by atoms with Crippen molar-refractivity contribution in [2.45, 2.75) is 19.8 Å². The minimum Gasteiger partial charge on any atom is -0.497 e. The Labute approximate surface area is 155 Å². The smallest absolute Gasteiger partial charge is 0.270 e. The lowest BCUT2D eigenvalue weighted by molar-refractivity contribution is 0.0947. The van der Waals surface area contributed by atoms with Gasteiger partial charge in [-0.3, -0.25) is 9.20 Å². The summed E-state index contributed by atoms with van der Waals surface area (Å²) in [5.41, 5.74) is 3.34. The molecule has 130 valence electrons. The predicted octanol–water partition coefficient (Wildman–Crippen LogP) is 3.64. The number of hydrogen-bond acceptors (Lipinski definition) is 3. The highest BCUT2D eigenvalue weighted by atomic mass is 79.9. The molecule has 0 spiro atoms. The van der Waals surface area contributed by atoms with Crippen molar-refractivity contribution in [3.05, 3.63) is 64.0 Å². The van der Waals surface area contributed by atoms with Gasteiger partial charge in [0.25, 0.3) is 5.91 Å². The standard InChI is InChI=1S/C19H20BrN3O2/c1-3-16-18(23-12-14(20)6-9-17(23)22-16)19(24)21-11-10-13-4-7-15(25-2)8-5-13/h4-9,12H,3,10-11H2,1-2H3,(H,21,24). The maximum atomic E-state index is 12.7. The van der Waals surface area contributed by atoms with Crippen molar-refractivity contribution in [3.63, 3.8) is 0 Å². The molecule has 5 nitrogen and oxygen atoms in total. The lowest BCUT2D eigenvalue weighted by Crippen LogP contribution is -2.27. The number of aromatic nitrogens is 2. The third kappa shape index (κ3) is 3.85. The normalized spacial score (nSPS) is 10.8. The molecule has 1 N–H and O–H groups in total. The first-order chi connectivity index (χ1) is 12.1. The molecule has 6 heteroatoms. The van der Waals surface area contributed by atoms with Gasteiger partial charge in [0.1, 0.15) is 17.1 Å². The number of fused-ring (bicyclic) bond motifs is 1. The van der Waals surface area contributed by atoms with Crippen molar-refractivity contribution < 1.29 is 9.53 Å². The van der Waals surface area contributed by atoms with Crippen LogP contribution in [0.1, 0.15) is 28.7 Å². The minimum atomic E-state index is -0.101. The van der Waals surface area contributed by atoms with Gasteiger partial charge in [-0.1, -0.05) is 19.1 Å². The van der Waals surface area contributed by atoms with Crippen LogP contribution in [0.2, 0.25) is 0 Å². The molecule has 0 aliphatic rings. The molecule has 0 bridgehead atoms. The van der Waals surface area contributed by atoms with E-state index in [-0.39, 0.29) is 5.91 Å². The molecule has 0 saturated heterocycles. The van der Waals surface area contributed by atoms with Crippen LogP contribution in [0.4, 0.5) is 0 Å². The first-order valence-electron chi connectivity index (χ1n) is 8.20. The van der Waals surface area contributed by atoms with Crippen molar-refractivity contribution in [1.29, 1.82) is 0 Å². The van der Waals surface area contributed by atoms with Gasteiger partial charge in [0, 0.05) is 17.2 Å². The average Bonchev–Trinajstić information content (AvgIpc) is 3.00. The molecule has 1 amide bonds.